The van der Waals surface area contributed by atoms with Crippen molar-refractivity contribution in [3.05, 3.63) is 96.1 Å². The lowest BCUT2D eigenvalue weighted by atomic mass is 10.0. The van der Waals surface area contributed by atoms with E-state index in [1.54, 1.807) is 0 Å². The van der Waals surface area contributed by atoms with Crippen molar-refractivity contribution in [2.45, 2.75) is 142 Å². The monoisotopic (exact) mass is 1240 g/mol. The van der Waals surface area contributed by atoms with Gasteiger partial charge in [0.15, 0.2) is 5.96 Å². The Balaban J connectivity index is 1.51. The van der Waals surface area contributed by atoms with E-state index in [1.807, 2.05) is 113 Å². The average molecular weight is 1240 g/mol. The summed E-state index contributed by atoms with van der Waals surface area (Å²) in [5.41, 5.74) is 35.1. The molecule has 0 spiro atoms. The number of benzene rings is 4. The van der Waals surface area contributed by atoms with Crippen molar-refractivity contribution in [1.29, 1.82) is 0 Å². The SMILES string of the molecule is CC(C)C[C@H](NC(=O)CN(Cc1cccc2ccccc12)NC(=O)[C@H](C)NC(=O)[C@H](CCCCN)NC(=O)CNC(=O)[C@H](CO)NC(=O)[C@H](CC(C)C)NC(=O)[C@H](C)N)C(=O)N[C@H](CCCN=C(N)N)C(=O)NN(CC(N)=O)Cc1ccc2ccccc2c1. The van der Waals surface area contributed by atoms with Crippen LogP contribution in [0.4, 0.5) is 0 Å². The summed E-state index contributed by atoms with van der Waals surface area (Å²) >= 11 is 0. The summed E-state index contributed by atoms with van der Waals surface area (Å²) in [6, 6.07) is 17.9. The van der Waals surface area contributed by atoms with Crippen LogP contribution in [0.15, 0.2) is 89.9 Å². The second kappa shape index (κ2) is 37.1. The van der Waals surface area contributed by atoms with Gasteiger partial charge in [0.05, 0.1) is 32.3 Å². The van der Waals surface area contributed by atoms with Crippen LogP contribution < -0.4 is 76.7 Å². The number of primary amides is 1. The summed E-state index contributed by atoms with van der Waals surface area (Å²) < 4.78 is 0. The van der Waals surface area contributed by atoms with Gasteiger partial charge in [-0.2, -0.15) is 0 Å². The molecule has 0 heterocycles. The number of nitrogens with two attached hydrogens (primary N) is 5. The molecule has 486 valence electrons. The zero-order valence-corrected chi connectivity index (χ0v) is 51.6. The number of rotatable bonds is 38. The van der Waals surface area contributed by atoms with E-state index in [9.17, 15) is 53.1 Å². The number of aliphatic hydroxyl groups excluding tert-OH is 1. The number of aliphatic imine (C=N–C) groups is 1. The molecule has 0 radical (unpaired) electrons. The fourth-order valence-electron chi connectivity index (χ4n) is 9.45. The molecule has 4 aromatic carbocycles. The van der Waals surface area contributed by atoms with Crippen molar-refractivity contribution in [2.24, 2.45) is 45.5 Å². The topological polar surface area (TPSA) is 448 Å². The highest BCUT2D eigenvalue weighted by Gasteiger charge is 2.32. The normalized spacial score (nSPS) is 13.7. The fourth-order valence-corrected chi connectivity index (χ4v) is 9.45. The molecule has 0 saturated carbocycles. The summed E-state index contributed by atoms with van der Waals surface area (Å²) in [7, 11) is 0. The first-order valence-corrected chi connectivity index (χ1v) is 29.8. The number of hydrogen-bond acceptors (Lipinski definition) is 16. The van der Waals surface area contributed by atoms with Gasteiger partial charge in [0.1, 0.15) is 36.3 Å². The predicted molar refractivity (Wildman–Crippen MR) is 337 cm³/mol. The number of hydrogen-bond donors (Lipinski definition) is 15. The van der Waals surface area contributed by atoms with E-state index in [0.29, 0.717) is 18.4 Å². The third-order valence-corrected chi connectivity index (χ3v) is 13.9. The van der Waals surface area contributed by atoms with Crippen LogP contribution in [-0.2, 0) is 61.0 Å². The Morgan fingerprint density at radius 2 is 1.08 bits per heavy atom. The van der Waals surface area contributed by atoms with Gasteiger partial charge in [0.25, 0.3) is 11.8 Å². The molecule has 0 bridgehead atoms. The first-order valence-electron chi connectivity index (χ1n) is 29.8. The zero-order chi connectivity index (χ0) is 65.7. The first-order chi connectivity index (χ1) is 42.3. The number of amides is 10. The number of unbranched alkanes of at least 4 members (excludes halogenated alkanes) is 1. The standard InChI is InChI=1S/C61H91N17O11/c1-36(2)27-48(58(87)72-47(22-14-26-67-61(65)66)60(89)76-77(33-51(64)80)31-40-23-24-41-15-7-8-17-43(41)29-40)71-53(82)34-78(32-44-19-13-18-42-16-9-10-20-45(42)44)75-55(84)39(6)69-57(86)46(21-11-12-25-62)70-52(81)30-68-56(85)50(35-79)74-59(88)49(28-37(3)4)73-54(83)38(5)63/h7-10,13,15-20,23-24,29,36-39,46-50,79H,11-12,14,21-22,25-28,30-35,62-63H2,1-6H3,(H2,64,80)(H,68,85)(H,69,86)(H,70,81)(H,71,82)(H,72,87)(H,73,83)(H,74,88)(H,75,84)(H,76,89)(H4,65,66,67)/t38-,39-,46-,47+,48-,49-,50-/m0/s1. The van der Waals surface area contributed by atoms with Gasteiger partial charge in [-0.05, 0) is 116 Å². The minimum absolute atomic E-state index is 0.0313. The van der Waals surface area contributed by atoms with Crippen LogP contribution >= 0.6 is 0 Å². The van der Waals surface area contributed by atoms with E-state index in [1.165, 1.54) is 23.9 Å². The van der Waals surface area contributed by atoms with Crippen molar-refractivity contribution < 1.29 is 53.1 Å². The molecule has 0 aromatic heterocycles. The summed E-state index contributed by atoms with van der Waals surface area (Å²) in [5, 5.41) is 34.3. The maximum Gasteiger partial charge on any atom is 0.256 e. The number of guanidine groups is 1. The summed E-state index contributed by atoms with van der Waals surface area (Å²) in [4.78, 5) is 139. The Bertz CT molecular complexity index is 3080. The lowest BCUT2D eigenvalue weighted by Gasteiger charge is -2.29. The number of nitrogens with zero attached hydrogens (tertiary/aromatic N) is 3. The van der Waals surface area contributed by atoms with Crippen LogP contribution in [0, 0.1) is 11.8 Å². The van der Waals surface area contributed by atoms with Gasteiger partial charge in [-0.3, -0.25) is 63.8 Å². The largest absolute Gasteiger partial charge is 0.394 e. The number of aliphatic hydroxyl groups is 1. The number of fused-ring (bicyclic) bond motifs is 2. The molecule has 4 aromatic rings. The molecule has 0 fully saturated rings. The Morgan fingerprint density at radius 1 is 0.528 bits per heavy atom. The van der Waals surface area contributed by atoms with Crippen LogP contribution in [0.2, 0.25) is 0 Å². The molecule has 7 atom stereocenters. The minimum Gasteiger partial charge on any atom is -0.394 e. The molecule has 10 amide bonds. The molecule has 0 aliphatic rings. The lowest BCUT2D eigenvalue weighted by Crippen LogP contribution is -2.59. The molecule has 0 aliphatic carbocycles. The van der Waals surface area contributed by atoms with Crippen molar-refractivity contribution in [1.82, 2.24) is 58.1 Å². The second-order valence-electron chi connectivity index (χ2n) is 22.8. The van der Waals surface area contributed by atoms with Crippen molar-refractivity contribution in [3.8, 4) is 0 Å². The van der Waals surface area contributed by atoms with E-state index in [-0.39, 0.29) is 82.6 Å². The Hall–Kier alpha value is -8.83. The van der Waals surface area contributed by atoms with E-state index >= 15 is 0 Å². The number of carbonyl (C=O) groups is 10. The second-order valence-corrected chi connectivity index (χ2v) is 22.8. The Kier molecular flexibility index (Phi) is 30.3. The Morgan fingerprint density at radius 3 is 1.71 bits per heavy atom. The predicted octanol–water partition coefficient (Wildman–Crippen LogP) is -1.50. The molecule has 4 rings (SSSR count). The molecule has 89 heavy (non-hydrogen) atoms. The fraction of sp³-hybridized carbons (Fsp3) is 0.492. The molecular weight excluding hydrogens is 1150 g/mol. The van der Waals surface area contributed by atoms with Crippen LogP contribution in [-0.4, -0.2) is 162 Å². The highest BCUT2D eigenvalue weighted by atomic mass is 16.3. The molecule has 0 unspecified atom stereocenters. The molecular formula is C61H91N17O11. The number of nitrogens with one attached hydrogen (secondary N) is 9. The van der Waals surface area contributed by atoms with Crippen LogP contribution in [0.3, 0.4) is 0 Å². The van der Waals surface area contributed by atoms with Crippen molar-refractivity contribution in [2.75, 3.05) is 39.3 Å². The summed E-state index contributed by atoms with van der Waals surface area (Å²) in [6.07, 6.45) is 1.48. The Labute approximate surface area is 518 Å². The molecule has 28 heteroatoms. The van der Waals surface area contributed by atoms with E-state index in [0.717, 1.165) is 27.1 Å². The molecule has 20 N–H and O–H groups in total. The summed E-state index contributed by atoms with van der Waals surface area (Å²) in [5.74, 6) is -7.90. The van der Waals surface area contributed by atoms with Gasteiger partial charge < -0.3 is 71.0 Å². The number of carbonyl (C=O) groups excluding carboxylic acids is 10. The molecule has 28 nitrogen and oxygen atoms in total. The van der Waals surface area contributed by atoms with Crippen LogP contribution in [0.1, 0.15) is 97.6 Å². The van der Waals surface area contributed by atoms with Gasteiger partial charge in [0, 0.05) is 19.6 Å². The van der Waals surface area contributed by atoms with Gasteiger partial charge in [-0.1, -0.05) is 107 Å². The van der Waals surface area contributed by atoms with Gasteiger partial charge in [0.2, 0.25) is 47.3 Å². The maximum atomic E-state index is 14.4. The third-order valence-electron chi connectivity index (χ3n) is 13.9. The highest BCUT2D eigenvalue weighted by Crippen LogP contribution is 2.21. The third kappa shape index (κ3) is 25.8. The van der Waals surface area contributed by atoms with Crippen LogP contribution in [0.5, 0.6) is 0 Å². The zero-order valence-electron chi connectivity index (χ0n) is 51.6. The van der Waals surface area contributed by atoms with Gasteiger partial charge in [-0.25, -0.2) is 10.0 Å². The van der Waals surface area contributed by atoms with E-state index in [4.69, 9.17) is 28.7 Å². The van der Waals surface area contributed by atoms with E-state index in [2.05, 4.69) is 53.1 Å². The van der Waals surface area contributed by atoms with E-state index < -0.39 is 121 Å². The lowest BCUT2D eigenvalue weighted by molar-refractivity contribution is -0.136. The quantitative estimate of drug-likeness (QED) is 0.0105. The molecule has 0 saturated heterocycles. The highest BCUT2D eigenvalue weighted by molar-refractivity contribution is 5.96. The maximum absolute atomic E-state index is 14.4. The molecule has 0 aliphatic heterocycles. The minimum atomic E-state index is -1.52. The summed E-state index contributed by atoms with van der Waals surface area (Å²) in [6.45, 7) is 8.12. The first kappa shape index (κ1) is 72.6. The average Bonchev–Trinajstić information content (AvgIpc) is 2.07. The van der Waals surface area contributed by atoms with Crippen LogP contribution in [0.25, 0.3) is 21.5 Å². The van der Waals surface area contributed by atoms with Gasteiger partial charge in [-0.15, -0.1) is 0 Å². The van der Waals surface area contributed by atoms with Gasteiger partial charge >= 0.3 is 0 Å². The smallest absolute Gasteiger partial charge is 0.256 e. The van der Waals surface area contributed by atoms with Crippen molar-refractivity contribution in [3.63, 3.8) is 0 Å². The number of hydrazine groups is 2. The van der Waals surface area contributed by atoms with Crippen molar-refractivity contribution >= 4 is 86.6 Å².